The van der Waals surface area contributed by atoms with Gasteiger partial charge in [-0.3, -0.25) is 0 Å². The number of rotatable bonds is 1. The number of aliphatic hydroxyl groups is 1. The fraction of sp³-hybridized carbons (Fsp3) is 1.00. The third kappa shape index (κ3) is 0.926. The summed E-state index contributed by atoms with van der Waals surface area (Å²) in [5.41, 5.74) is -0.204. The second-order valence-electron chi connectivity index (χ2n) is 3.37. The fourth-order valence-electron chi connectivity index (χ4n) is 1.52. The number of hydrogen-bond donors (Lipinski definition) is 1. The lowest BCUT2D eigenvalue weighted by Gasteiger charge is -2.35. The molecule has 1 N–H and O–H groups in total. The SMILES string of the molecule is OC1(C2CC(Br)C2)CC1. The molecular formula is C7H11BrO. The minimum Gasteiger partial charge on any atom is -0.390 e. The Balaban J connectivity index is 1.89. The Bertz CT molecular complexity index is 125. The van der Waals surface area contributed by atoms with E-state index in [0.717, 1.165) is 12.8 Å². The highest BCUT2D eigenvalue weighted by Crippen LogP contribution is 2.52. The maximum atomic E-state index is 9.55. The van der Waals surface area contributed by atoms with Crippen LogP contribution in [0.25, 0.3) is 0 Å². The number of hydrogen-bond acceptors (Lipinski definition) is 1. The zero-order valence-electron chi connectivity index (χ0n) is 5.31. The van der Waals surface area contributed by atoms with Crippen molar-refractivity contribution >= 4 is 15.9 Å². The van der Waals surface area contributed by atoms with Crippen LogP contribution in [0.3, 0.4) is 0 Å². The molecule has 9 heavy (non-hydrogen) atoms. The highest BCUT2D eigenvalue weighted by molar-refractivity contribution is 9.09. The van der Waals surface area contributed by atoms with E-state index in [9.17, 15) is 5.11 Å². The summed E-state index contributed by atoms with van der Waals surface area (Å²) in [4.78, 5) is 0.701. The van der Waals surface area contributed by atoms with Gasteiger partial charge in [-0.1, -0.05) is 15.9 Å². The highest BCUT2D eigenvalue weighted by atomic mass is 79.9. The Labute approximate surface area is 63.6 Å². The molecular weight excluding hydrogens is 180 g/mol. The van der Waals surface area contributed by atoms with Crippen molar-refractivity contribution in [3.8, 4) is 0 Å². The van der Waals surface area contributed by atoms with Crippen molar-refractivity contribution in [2.45, 2.75) is 36.1 Å². The summed E-state index contributed by atoms with van der Waals surface area (Å²) in [6.45, 7) is 0. The van der Waals surface area contributed by atoms with E-state index in [0.29, 0.717) is 10.7 Å². The monoisotopic (exact) mass is 190 g/mol. The van der Waals surface area contributed by atoms with Gasteiger partial charge in [-0.2, -0.15) is 0 Å². The maximum Gasteiger partial charge on any atom is 0.0678 e. The van der Waals surface area contributed by atoms with Crippen LogP contribution in [0.15, 0.2) is 0 Å². The van der Waals surface area contributed by atoms with Crippen molar-refractivity contribution in [2.24, 2.45) is 5.92 Å². The van der Waals surface area contributed by atoms with Crippen molar-refractivity contribution in [1.82, 2.24) is 0 Å². The maximum absolute atomic E-state index is 9.55. The molecule has 0 amide bonds. The van der Waals surface area contributed by atoms with Crippen molar-refractivity contribution in [2.75, 3.05) is 0 Å². The van der Waals surface area contributed by atoms with Crippen LogP contribution >= 0.6 is 15.9 Å². The van der Waals surface area contributed by atoms with Crippen LogP contribution in [0.1, 0.15) is 25.7 Å². The second kappa shape index (κ2) is 1.73. The number of alkyl halides is 1. The van der Waals surface area contributed by atoms with Crippen LogP contribution in [0.5, 0.6) is 0 Å². The molecule has 2 heteroatoms. The van der Waals surface area contributed by atoms with E-state index >= 15 is 0 Å². The lowest BCUT2D eigenvalue weighted by atomic mass is 9.79. The zero-order chi connectivity index (χ0) is 6.48. The van der Waals surface area contributed by atoms with Crippen LogP contribution in [0, 0.1) is 5.92 Å². The van der Waals surface area contributed by atoms with Gasteiger partial charge in [0, 0.05) is 4.83 Å². The molecule has 0 aromatic rings. The molecule has 0 bridgehead atoms. The molecule has 0 aromatic heterocycles. The summed E-state index contributed by atoms with van der Waals surface area (Å²) in [5.74, 6) is 0.627. The first-order valence-corrected chi connectivity index (χ1v) is 4.49. The first kappa shape index (κ1) is 6.17. The normalized spacial score (nSPS) is 46.0. The smallest absolute Gasteiger partial charge is 0.0678 e. The first-order valence-electron chi connectivity index (χ1n) is 3.57. The molecule has 2 fully saturated rings. The third-order valence-corrected chi connectivity index (χ3v) is 3.35. The molecule has 0 atom stereocenters. The average molecular weight is 191 g/mol. The van der Waals surface area contributed by atoms with Crippen molar-refractivity contribution < 1.29 is 5.11 Å². The topological polar surface area (TPSA) is 20.2 Å². The minimum absolute atomic E-state index is 0.204. The summed E-state index contributed by atoms with van der Waals surface area (Å²) < 4.78 is 0. The standard InChI is InChI=1S/C7H11BrO/c8-6-3-5(4-6)7(9)1-2-7/h5-6,9H,1-4H2. The third-order valence-electron chi connectivity index (χ3n) is 2.60. The van der Waals surface area contributed by atoms with E-state index in [1.807, 2.05) is 0 Å². The van der Waals surface area contributed by atoms with Crippen molar-refractivity contribution in [3.05, 3.63) is 0 Å². The van der Waals surface area contributed by atoms with Crippen molar-refractivity contribution in [1.29, 1.82) is 0 Å². The van der Waals surface area contributed by atoms with Gasteiger partial charge in [0.1, 0.15) is 0 Å². The lowest BCUT2D eigenvalue weighted by molar-refractivity contribution is 0.0434. The molecule has 1 nitrogen and oxygen atoms in total. The summed E-state index contributed by atoms with van der Waals surface area (Å²) in [5, 5.41) is 9.55. The molecule has 0 radical (unpaired) electrons. The van der Waals surface area contributed by atoms with Gasteiger partial charge in [0.05, 0.1) is 5.60 Å². The summed E-state index contributed by atoms with van der Waals surface area (Å²) >= 11 is 3.51. The Morgan fingerprint density at radius 3 is 2.22 bits per heavy atom. The summed E-state index contributed by atoms with van der Waals surface area (Å²) in [7, 11) is 0. The fourth-order valence-corrected chi connectivity index (χ4v) is 2.43. The van der Waals surface area contributed by atoms with E-state index in [1.165, 1.54) is 12.8 Å². The van der Waals surface area contributed by atoms with Gasteiger partial charge in [-0.15, -0.1) is 0 Å². The molecule has 0 spiro atoms. The van der Waals surface area contributed by atoms with Crippen molar-refractivity contribution in [3.63, 3.8) is 0 Å². The van der Waals surface area contributed by atoms with Gasteiger partial charge >= 0.3 is 0 Å². The van der Waals surface area contributed by atoms with Gasteiger partial charge in [-0.25, -0.2) is 0 Å². The van der Waals surface area contributed by atoms with E-state index in [-0.39, 0.29) is 5.60 Å². The Hall–Kier alpha value is 0.440. The Morgan fingerprint density at radius 1 is 1.33 bits per heavy atom. The molecule has 2 rings (SSSR count). The summed E-state index contributed by atoms with van der Waals surface area (Å²) in [6, 6.07) is 0. The molecule has 0 aliphatic heterocycles. The van der Waals surface area contributed by atoms with E-state index in [4.69, 9.17) is 0 Å². The zero-order valence-corrected chi connectivity index (χ0v) is 6.89. The van der Waals surface area contributed by atoms with E-state index < -0.39 is 0 Å². The molecule has 2 aliphatic rings. The second-order valence-corrected chi connectivity index (χ2v) is 4.66. The first-order chi connectivity index (χ1) is 4.21. The molecule has 0 unspecified atom stereocenters. The van der Waals surface area contributed by atoms with E-state index in [2.05, 4.69) is 15.9 Å². The molecule has 2 aliphatic carbocycles. The largest absolute Gasteiger partial charge is 0.390 e. The molecule has 0 heterocycles. The Morgan fingerprint density at radius 2 is 1.89 bits per heavy atom. The van der Waals surface area contributed by atoms with Gasteiger partial charge in [0.15, 0.2) is 0 Å². The molecule has 0 aromatic carbocycles. The van der Waals surface area contributed by atoms with Gasteiger partial charge in [-0.05, 0) is 31.6 Å². The van der Waals surface area contributed by atoms with Gasteiger partial charge in [0.25, 0.3) is 0 Å². The molecule has 2 saturated carbocycles. The highest BCUT2D eigenvalue weighted by Gasteiger charge is 2.51. The Kier molecular flexibility index (Phi) is 1.18. The van der Waals surface area contributed by atoms with Crippen LogP contribution in [-0.2, 0) is 0 Å². The predicted molar refractivity (Wildman–Crippen MR) is 39.6 cm³/mol. The lowest BCUT2D eigenvalue weighted by Crippen LogP contribution is -2.35. The summed E-state index contributed by atoms with van der Waals surface area (Å²) in [6.07, 6.45) is 4.49. The van der Waals surface area contributed by atoms with Crippen LogP contribution < -0.4 is 0 Å². The minimum atomic E-state index is -0.204. The molecule has 0 saturated heterocycles. The van der Waals surface area contributed by atoms with Gasteiger partial charge in [0.2, 0.25) is 0 Å². The van der Waals surface area contributed by atoms with Crippen LogP contribution in [0.4, 0.5) is 0 Å². The van der Waals surface area contributed by atoms with E-state index in [1.54, 1.807) is 0 Å². The van der Waals surface area contributed by atoms with Crippen LogP contribution in [0.2, 0.25) is 0 Å². The van der Waals surface area contributed by atoms with Gasteiger partial charge < -0.3 is 5.11 Å². The average Bonchev–Trinajstić information content (AvgIpc) is 2.41. The number of halogens is 1. The van der Waals surface area contributed by atoms with Crippen LogP contribution in [-0.4, -0.2) is 15.5 Å². The molecule has 52 valence electrons. The predicted octanol–water partition coefficient (Wildman–Crippen LogP) is 1.68. The quantitative estimate of drug-likeness (QED) is 0.625.